The zero-order valence-electron chi connectivity index (χ0n) is 15.9. The van der Waals surface area contributed by atoms with Crippen molar-refractivity contribution < 1.29 is 18.7 Å². The van der Waals surface area contributed by atoms with Crippen LogP contribution in [0, 0.1) is 0 Å². The Kier molecular flexibility index (Phi) is 5.34. The van der Waals surface area contributed by atoms with Crippen molar-refractivity contribution in [1.82, 2.24) is 9.88 Å². The highest BCUT2D eigenvalue weighted by Gasteiger charge is 2.30. The Morgan fingerprint density at radius 2 is 2.14 bits per heavy atom. The molecule has 4 rings (SSSR count). The molecule has 3 aromatic rings. The van der Waals surface area contributed by atoms with E-state index in [1.165, 1.54) is 11.3 Å². The summed E-state index contributed by atoms with van der Waals surface area (Å²) in [7, 11) is 3.24. The fourth-order valence-electron chi connectivity index (χ4n) is 3.63. The summed E-state index contributed by atoms with van der Waals surface area (Å²) in [4.78, 5) is 19.5. The van der Waals surface area contributed by atoms with E-state index >= 15 is 0 Å². The van der Waals surface area contributed by atoms with Gasteiger partial charge in [0, 0.05) is 11.9 Å². The monoisotopic (exact) mass is 398 g/mol. The first-order valence-corrected chi connectivity index (χ1v) is 10.1. The molecular weight excluding hydrogens is 376 g/mol. The molecule has 0 saturated carbocycles. The molecule has 3 heterocycles. The summed E-state index contributed by atoms with van der Waals surface area (Å²) in [6.45, 7) is 0.757. The predicted molar refractivity (Wildman–Crippen MR) is 107 cm³/mol. The SMILES string of the molecule is COc1ccc([C@@H]2CCCN2C(=O)Cc2csc(-c3ccco3)n2)cc1OC. The second-order valence-corrected chi connectivity index (χ2v) is 7.52. The predicted octanol–water partition coefficient (Wildman–Crippen LogP) is 4.33. The molecule has 28 heavy (non-hydrogen) atoms. The molecule has 0 bridgehead atoms. The highest BCUT2D eigenvalue weighted by molar-refractivity contribution is 7.13. The average molecular weight is 398 g/mol. The number of ether oxygens (including phenoxy) is 2. The summed E-state index contributed by atoms with van der Waals surface area (Å²) in [5.74, 6) is 2.19. The number of amides is 1. The minimum absolute atomic E-state index is 0.0514. The lowest BCUT2D eigenvalue weighted by atomic mass is 10.0. The molecule has 6 nitrogen and oxygen atoms in total. The molecular formula is C21H22N2O4S. The van der Waals surface area contributed by atoms with Crippen LogP contribution >= 0.6 is 11.3 Å². The molecule has 1 amide bonds. The zero-order chi connectivity index (χ0) is 19.5. The first-order chi connectivity index (χ1) is 13.7. The van der Waals surface area contributed by atoms with Gasteiger partial charge in [0.25, 0.3) is 0 Å². The van der Waals surface area contributed by atoms with Gasteiger partial charge in [-0.1, -0.05) is 6.07 Å². The molecule has 1 saturated heterocycles. The zero-order valence-corrected chi connectivity index (χ0v) is 16.7. The largest absolute Gasteiger partial charge is 0.493 e. The van der Waals surface area contributed by atoms with Crippen molar-refractivity contribution in [3.05, 3.63) is 53.2 Å². The van der Waals surface area contributed by atoms with Gasteiger partial charge in [-0.05, 0) is 42.7 Å². The van der Waals surface area contributed by atoms with Crippen LogP contribution in [-0.4, -0.2) is 36.6 Å². The van der Waals surface area contributed by atoms with Crippen LogP contribution < -0.4 is 9.47 Å². The average Bonchev–Trinajstić information content (AvgIpc) is 3.48. The number of carbonyl (C=O) groups excluding carboxylic acids is 1. The molecule has 0 N–H and O–H groups in total. The quantitative estimate of drug-likeness (QED) is 0.618. The maximum Gasteiger partial charge on any atom is 0.229 e. The molecule has 1 aromatic carbocycles. The van der Waals surface area contributed by atoms with E-state index in [0.717, 1.165) is 41.4 Å². The normalized spacial score (nSPS) is 16.4. The molecule has 2 aromatic heterocycles. The van der Waals surface area contributed by atoms with Crippen LogP contribution in [0.15, 0.2) is 46.4 Å². The Labute approximate surface area is 167 Å². The van der Waals surface area contributed by atoms with E-state index < -0.39 is 0 Å². The maximum atomic E-state index is 13.0. The molecule has 0 aliphatic carbocycles. The fraction of sp³-hybridized carbons (Fsp3) is 0.333. The number of hydrogen-bond donors (Lipinski definition) is 0. The van der Waals surface area contributed by atoms with Crippen molar-refractivity contribution in [2.75, 3.05) is 20.8 Å². The Hall–Kier alpha value is -2.80. The lowest BCUT2D eigenvalue weighted by molar-refractivity contribution is -0.131. The van der Waals surface area contributed by atoms with Crippen molar-refractivity contribution in [2.45, 2.75) is 25.3 Å². The highest BCUT2D eigenvalue weighted by atomic mass is 32.1. The van der Waals surface area contributed by atoms with Gasteiger partial charge in [0.1, 0.15) is 0 Å². The molecule has 7 heteroatoms. The van der Waals surface area contributed by atoms with Gasteiger partial charge in [0.15, 0.2) is 22.3 Å². The highest BCUT2D eigenvalue weighted by Crippen LogP contribution is 2.37. The van der Waals surface area contributed by atoms with Gasteiger partial charge in [0.05, 0.1) is 38.6 Å². The molecule has 146 valence electrons. The van der Waals surface area contributed by atoms with Crippen LogP contribution in [0.3, 0.4) is 0 Å². The van der Waals surface area contributed by atoms with Gasteiger partial charge >= 0.3 is 0 Å². The Morgan fingerprint density at radius 1 is 1.29 bits per heavy atom. The van der Waals surface area contributed by atoms with Crippen LogP contribution in [0.25, 0.3) is 10.8 Å². The summed E-state index contributed by atoms with van der Waals surface area (Å²) in [6, 6.07) is 9.63. The fourth-order valence-corrected chi connectivity index (χ4v) is 4.42. The third-order valence-electron chi connectivity index (χ3n) is 4.98. The number of benzene rings is 1. The molecule has 1 atom stereocenters. The number of hydrogen-bond acceptors (Lipinski definition) is 6. The molecule has 1 aliphatic rings. The van der Waals surface area contributed by atoms with Gasteiger partial charge in [-0.25, -0.2) is 4.98 Å². The van der Waals surface area contributed by atoms with E-state index in [9.17, 15) is 4.79 Å². The molecule has 0 unspecified atom stereocenters. The number of aromatic nitrogens is 1. The number of nitrogens with zero attached hydrogens (tertiary/aromatic N) is 2. The van der Waals surface area contributed by atoms with Crippen LogP contribution in [0.4, 0.5) is 0 Å². The van der Waals surface area contributed by atoms with E-state index in [-0.39, 0.29) is 11.9 Å². The second-order valence-electron chi connectivity index (χ2n) is 6.66. The first-order valence-electron chi connectivity index (χ1n) is 9.19. The minimum atomic E-state index is 0.0514. The third-order valence-corrected chi connectivity index (χ3v) is 5.89. The van der Waals surface area contributed by atoms with Crippen LogP contribution in [0.1, 0.15) is 30.1 Å². The standard InChI is InChI=1S/C21H22N2O4S/c1-25-17-8-7-14(11-19(17)26-2)16-5-3-9-23(16)20(24)12-15-13-28-21(22-15)18-6-4-10-27-18/h4,6-8,10-11,13,16H,3,5,9,12H2,1-2H3/t16-/m0/s1. The lowest BCUT2D eigenvalue weighted by Gasteiger charge is -2.25. The Bertz CT molecular complexity index is 951. The topological polar surface area (TPSA) is 64.8 Å². The summed E-state index contributed by atoms with van der Waals surface area (Å²) in [5.41, 5.74) is 1.84. The van der Waals surface area contributed by atoms with Gasteiger partial charge in [0.2, 0.25) is 5.91 Å². The van der Waals surface area contributed by atoms with E-state index in [4.69, 9.17) is 13.9 Å². The van der Waals surface area contributed by atoms with E-state index in [2.05, 4.69) is 4.98 Å². The lowest BCUT2D eigenvalue weighted by Crippen LogP contribution is -2.31. The number of methoxy groups -OCH3 is 2. The number of furan rings is 1. The van der Waals surface area contributed by atoms with Crippen molar-refractivity contribution in [2.24, 2.45) is 0 Å². The summed E-state index contributed by atoms with van der Waals surface area (Å²) >= 11 is 1.49. The van der Waals surface area contributed by atoms with Gasteiger partial charge in [-0.15, -0.1) is 11.3 Å². The van der Waals surface area contributed by atoms with Crippen LogP contribution in [-0.2, 0) is 11.2 Å². The second kappa shape index (κ2) is 8.06. The maximum absolute atomic E-state index is 13.0. The summed E-state index contributed by atoms with van der Waals surface area (Å²) < 4.78 is 16.1. The smallest absolute Gasteiger partial charge is 0.229 e. The van der Waals surface area contributed by atoms with Crippen molar-refractivity contribution in [3.63, 3.8) is 0 Å². The molecule has 0 spiro atoms. The Morgan fingerprint density at radius 3 is 2.89 bits per heavy atom. The van der Waals surface area contributed by atoms with Gasteiger partial charge < -0.3 is 18.8 Å². The summed E-state index contributed by atoms with van der Waals surface area (Å²) in [6.07, 6.45) is 3.84. The van der Waals surface area contributed by atoms with Crippen LogP contribution in [0.5, 0.6) is 11.5 Å². The molecule has 1 aliphatic heterocycles. The van der Waals surface area contributed by atoms with Gasteiger partial charge in [-0.2, -0.15) is 0 Å². The molecule has 0 radical (unpaired) electrons. The summed E-state index contributed by atoms with van der Waals surface area (Å²) in [5, 5.41) is 2.72. The Balaban J connectivity index is 1.49. The van der Waals surface area contributed by atoms with Crippen LogP contribution in [0.2, 0.25) is 0 Å². The van der Waals surface area contributed by atoms with Crippen molar-refractivity contribution >= 4 is 17.2 Å². The first kappa shape index (κ1) is 18.6. The molecule has 1 fully saturated rings. The van der Waals surface area contributed by atoms with E-state index in [1.807, 2.05) is 40.6 Å². The van der Waals surface area contributed by atoms with E-state index in [0.29, 0.717) is 17.9 Å². The van der Waals surface area contributed by atoms with Gasteiger partial charge in [-0.3, -0.25) is 4.79 Å². The number of rotatable bonds is 6. The third kappa shape index (κ3) is 3.62. The van der Waals surface area contributed by atoms with Crippen molar-refractivity contribution in [3.8, 4) is 22.3 Å². The number of thiazole rings is 1. The number of likely N-dealkylation sites (tertiary alicyclic amines) is 1. The van der Waals surface area contributed by atoms with Crippen molar-refractivity contribution in [1.29, 1.82) is 0 Å². The van der Waals surface area contributed by atoms with E-state index in [1.54, 1.807) is 20.5 Å². The minimum Gasteiger partial charge on any atom is -0.493 e. The number of carbonyl (C=O) groups is 1.